The SMILES string of the molecule is CCc1nnc(NC(=O)C(CC)Sc2ccccc2)s1. The largest absolute Gasteiger partial charge is 0.300 e. The predicted octanol–water partition coefficient (Wildman–Crippen LogP) is 3.61. The molecule has 1 aromatic carbocycles. The highest BCUT2D eigenvalue weighted by atomic mass is 32.2. The summed E-state index contributed by atoms with van der Waals surface area (Å²) in [5.41, 5.74) is 0. The average Bonchev–Trinajstić information content (AvgIpc) is 2.93. The molecule has 1 unspecified atom stereocenters. The predicted molar refractivity (Wildman–Crippen MR) is 84.3 cm³/mol. The summed E-state index contributed by atoms with van der Waals surface area (Å²) in [7, 11) is 0. The van der Waals surface area contributed by atoms with Crippen molar-refractivity contribution in [2.24, 2.45) is 0 Å². The number of aryl methyl sites for hydroxylation is 1. The number of carbonyl (C=O) groups is 1. The number of nitrogens with zero attached hydrogens (tertiary/aromatic N) is 2. The maximum atomic E-state index is 12.3. The topological polar surface area (TPSA) is 54.9 Å². The lowest BCUT2D eigenvalue weighted by Gasteiger charge is -2.13. The first kappa shape index (κ1) is 15.0. The summed E-state index contributed by atoms with van der Waals surface area (Å²) in [5, 5.41) is 12.2. The van der Waals surface area contributed by atoms with E-state index >= 15 is 0 Å². The molecule has 0 aliphatic rings. The number of carbonyl (C=O) groups excluding carboxylic acids is 1. The molecule has 20 heavy (non-hydrogen) atoms. The Balaban J connectivity index is 1.98. The second-order valence-corrected chi connectivity index (χ2v) is 6.51. The van der Waals surface area contributed by atoms with Crippen molar-refractivity contribution >= 4 is 34.1 Å². The zero-order valence-corrected chi connectivity index (χ0v) is 13.1. The third-order valence-corrected chi connectivity index (χ3v) is 5.04. The number of aromatic nitrogens is 2. The Bertz CT molecular complexity index is 557. The minimum Gasteiger partial charge on any atom is -0.300 e. The van der Waals surface area contributed by atoms with Crippen LogP contribution in [0.5, 0.6) is 0 Å². The van der Waals surface area contributed by atoms with Crippen LogP contribution in [0, 0.1) is 0 Å². The van der Waals surface area contributed by atoms with Crippen LogP contribution < -0.4 is 5.32 Å². The molecule has 2 rings (SSSR count). The Morgan fingerprint density at radius 3 is 2.65 bits per heavy atom. The maximum Gasteiger partial charge on any atom is 0.239 e. The van der Waals surface area contributed by atoms with E-state index in [9.17, 15) is 4.79 Å². The zero-order valence-electron chi connectivity index (χ0n) is 11.5. The van der Waals surface area contributed by atoms with Crippen LogP contribution in [0.25, 0.3) is 0 Å². The van der Waals surface area contributed by atoms with Gasteiger partial charge in [0.1, 0.15) is 5.01 Å². The van der Waals surface area contributed by atoms with E-state index in [0.717, 1.165) is 22.7 Å². The van der Waals surface area contributed by atoms with Gasteiger partial charge in [-0.25, -0.2) is 0 Å². The van der Waals surface area contributed by atoms with Gasteiger partial charge in [0.2, 0.25) is 11.0 Å². The van der Waals surface area contributed by atoms with Gasteiger partial charge in [0.05, 0.1) is 5.25 Å². The fourth-order valence-electron chi connectivity index (χ4n) is 1.62. The van der Waals surface area contributed by atoms with Gasteiger partial charge in [-0.15, -0.1) is 22.0 Å². The molecule has 1 aromatic heterocycles. The fourth-order valence-corrected chi connectivity index (χ4v) is 3.28. The van der Waals surface area contributed by atoms with Gasteiger partial charge in [0.25, 0.3) is 0 Å². The first-order valence-corrected chi connectivity index (χ1v) is 8.27. The van der Waals surface area contributed by atoms with Crippen molar-refractivity contribution in [3.8, 4) is 0 Å². The molecule has 0 spiro atoms. The first-order chi connectivity index (χ1) is 9.72. The van der Waals surface area contributed by atoms with E-state index in [2.05, 4.69) is 15.5 Å². The number of hydrogen-bond donors (Lipinski definition) is 1. The second kappa shape index (κ2) is 7.40. The summed E-state index contributed by atoms with van der Waals surface area (Å²) in [5.74, 6) is -0.0137. The molecule has 6 heteroatoms. The van der Waals surface area contributed by atoms with E-state index in [-0.39, 0.29) is 11.2 Å². The number of hydrogen-bond acceptors (Lipinski definition) is 5. The highest BCUT2D eigenvalue weighted by Gasteiger charge is 2.19. The van der Waals surface area contributed by atoms with E-state index < -0.39 is 0 Å². The van der Waals surface area contributed by atoms with Crippen molar-refractivity contribution < 1.29 is 4.79 Å². The summed E-state index contributed by atoms with van der Waals surface area (Å²) in [6, 6.07) is 9.95. The normalized spacial score (nSPS) is 12.1. The van der Waals surface area contributed by atoms with Crippen molar-refractivity contribution in [2.75, 3.05) is 5.32 Å². The van der Waals surface area contributed by atoms with Crippen LogP contribution in [0.15, 0.2) is 35.2 Å². The molecule has 0 aliphatic carbocycles. The van der Waals surface area contributed by atoms with Crippen molar-refractivity contribution in [3.05, 3.63) is 35.3 Å². The van der Waals surface area contributed by atoms with E-state index in [1.807, 2.05) is 44.2 Å². The summed E-state index contributed by atoms with van der Waals surface area (Å²) < 4.78 is 0. The number of nitrogens with one attached hydrogen (secondary N) is 1. The molecule has 106 valence electrons. The third-order valence-electron chi connectivity index (χ3n) is 2.68. The Morgan fingerprint density at radius 1 is 1.30 bits per heavy atom. The molecule has 1 atom stereocenters. The summed E-state index contributed by atoms with van der Waals surface area (Å²) in [6.07, 6.45) is 1.61. The molecular weight excluding hydrogens is 290 g/mol. The molecule has 0 saturated heterocycles. The Morgan fingerprint density at radius 2 is 2.05 bits per heavy atom. The molecule has 1 heterocycles. The highest BCUT2D eigenvalue weighted by Crippen LogP contribution is 2.26. The molecule has 0 aliphatic heterocycles. The highest BCUT2D eigenvalue weighted by molar-refractivity contribution is 8.00. The van der Waals surface area contributed by atoms with Crippen molar-refractivity contribution in [1.29, 1.82) is 0 Å². The molecular formula is C14H17N3OS2. The van der Waals surface area contributed by atoms with Crippen molar-refractivity contribution in [3.63, 3.8) is 0 Å². The summed E-state index contributed by atoms with van der Waals surface area (Å²) in [6.45, 7) is 4.03. The number of amides is 1. The number of anilines is 1. The average molecular weight is 307 g/mol. The van der Waals surface area contributed by atoms with Crippen LogP contribution in [-0.4, -0.2) is 21.4 Å². The van der Waals surface area contributed by atoms with Crippen molar-refractivity contribution in [1.82, 2.24) is 10.2 Å². The molecule has 2 aromatic rings. The molecule has 0 fully saturated rings. The van der Waals surface area contributed by atoms with Gasteiger partial charge < -0.3 is 0 Å². The molecule has 0 saturated carbocycles. The quantitative estimate of drug-likeness (QED) is 0.828. The lowest BCUT2D eigenvalue weighted by Crippen LogP contribution is -2.24. The minimum absolute atomic E-state index is 0.0137. The van der Waals surface area contributed by atoms with Crippen LogP contribution in [0.2, 0.25) is 0 Å². The fraction of sp³-hybridized carbons (Fsp3) is 0.357. The maximum absolute atomic E-state index is 12.3. The smallest absolute Gasteiger partial charge is 0.239 e. The lowest BCUT2D eigenvalue weighted by atomic mass is 10.3. The standard InChI is InChI=1S/C14H17N3OS2/c1-3-11(19-10-8-6-5-7-9-10)13(18)15-14-17-16-12(4-2)20-14/h5-9,11H,3-4H2,1-2H3,(H,15,17,18). The lowest BCUT2D eigenvalue weighted by molar-refractivity contribution is -0.115. The summed E-state index contributed by atoms with van der Waals surface area (Å²) >= 11 is 3.00. The van der Waals surface area contributed by atoms with E-state index in [1.54, 1.807) is 11.8 Å². The van der Waals surface area contributed by atoms with Gasteiger partial charge in [0.15, 0.2) is 0 Å². The Kier molecular flexibility index (Phi) is 5.55. The van der Waals surface area contributed by atoms with Crippen LogP contribution in [-0.2, 0) is 11.2 Å². The van der Waals surface area contributed by atoms with Gasteiger partial charge in [-0.05, 0) is 25.0 Å². The molecule has 1 N–H and O–H groups in total. The van der Waals surface area contributed by atoms with E-state index in [4.69, 9.17) is 0 Å². The second-order valence-electron chi connectivity index (χ2n) is 4.17. The number of benzene rings is 1. The summed E-state index contributed by atoms with van der Waals surface area (Å²) in [4.78, 5) is 13.4. The van der Waals surface area contributed by atoms with Gasteiger partial charge in [0, 0.05) is 4.90 Å². The van der Waals surface area contributed by atoms with Crippen LogP contribution in [0.3, 0.4) is 0 Å². The van der Waals surface area contributed by atoms with Gasteiger partial charge in [-0.3, -0.25) is 10.1 Å². The van der Waals surface area contributed by atoms with Crippen LogP contribution in [0.1, 0.15) is 25.3 Å². The first-order valence-electron chi connectivity index (χ1n) is 6.57. The molecule has 4 nitrogen and oxygen atoms in total. The van der Waals surface area contributed by atoms with Crippen LogP contribution in [0.4, 0.5) is 5.13 Å². The van der Waals surface area contributed by atoms with Gasteiger partial charge in [-0.2, -0.15) is 0 Å². The number of thioether (sulfide) groups is 1. The molecule has 1 amide bonds. The van der Waals surface area contributed by atoms with Crippen molar-refractivity contribution in [2.45, 2.75) is 36.8 Å². The van der Waals surface area contributed by atoms with Crippen LogP contribution >= 0.6 is 23.1 Å². The van der Waals surface area contributed by atoms with E-state index in [0.29, 0.717) is 5.13 Å². The molecule has 0 bridgehead atoms. The van der Waals surface area contributed by atoms with Gasteiger partial charge >= 0.3 is 0 Å². The minimum atomic E-state index is -0.119. The monoisotopic (exact) mass is 307 g/mol. The third kappa shape index (κ3) is 4.05. The zero-order chi connectivity index (χ0) is 14.4. The van der Waals surface area contributed by atoms with Gasteiger partial charge in [-0.1, -0.05) is 43.4 Å². The Hall–Kier alpha value is -1.40. The molecule has 0 radical (unpaired) electrons. The van der Waals surface area contributed by atoms with E-state index in [1.165, 1.54) is 11.3 Å². The number of rotatable bonds is 6. The Labute approximate surface area is 127 Å².